The van der Waals surface area contributed by atoms with Crippen LogP contribution in [0.1, 0.15) is 44.2 Å². The maximum absolute atomic E-state index is 6.39. The van der Waals surface area contributed by atoms with Crippen LogP contribution in [-0.2, 0) is 4.74 Å². The second kappa shape index (κ2) is 5.85. The van der Waals surface area contributed by atoms with E-state index < -0.39 is 0 Å². The monoisotopic (exact) mass is 291 g/mol. The van der Waals surface area contributed by atoms with Crippen LogP contribution in [0.5, 0.6) is 11.5 Å². The van der Waals surface area contributed by atoms with Crippen molar-refractivity contribution in [3.05, 3.63) is 23.8 Å². The zero-order valence-corrected chi connectivity index (χ0v) is 12.9. The van der Waals surface area contributed by atoms with E-state index >= 15 is 0 Å². The highest BCUT2D eigenvalue weighted by Crippen LogP contribution is 2.42. The van der Waals surface area contributed by atoms with Crippen molar-refractivity contribution in [2.24, 2.45) is 11.7 Å². The lowest BCUT2D eigenvalue weighted by atomic mass is 9.75. The summed E-state index contributed by atoms with van der Waals surface area (Å²) in [7, 11) is 1.79. The molecule has 1 aliphatic heterocycles. The van der Waals surface area contributed by atoms with E-state index in [1.54, 1.807) is 7.11 Å². The van der Waals surface area contributed by atoms with E-state index in [1.165, 1.54) is 6.42 Å². The van der Waals surface area contributed by atoms with Crippen LogP contribution in [0.4, 0.5) is 0 Å². The van der Waals surface area contributed by atoms with Crippen molar-refractivity contribution in [3.8, 4) is 11.5 Å². The highest BCUT2D eigenvalue weighted by Gasteiger charge is 2.38. The Morgan fingerprint density at radius 1 is 1.29 bits per heavy atom. The van der Waals surface area contributed by atoms with Gasteiger partial charge in [0.1, 0.15) is 0 Å². The van der Waals surface area contributed by atoms with Crippen LogP contribution in [0.25, 0.3) is 0 Å². The molecule has 2 unspecified atom stereocenters. The molecule has 1 saturated carbocycles. The van der Waals surface area contributed by atoms with Gasteiger partial charge in [-0.25, -0.2) is 0 Å². The second-order valence-corrected chi connectivity index (χ2v) is 6.48. The van der Waals surface area contributed by atoms with Crippen molar-refractivity contribution in [2.75, 3.05) is 20.3 Å². The van der Waals surface area contributed by atoms with Gasteiger partial charge in [0, 0.05) is 19.1 Å². The van der Waals surface area contributed by atoms with E-state index in [2.05, 4.69) is 6.92 Å². The van der Waals surface area contributed by atoms with Crippen molar-refractivity contribution in [1.29, 1.82) is 0 Å². The molecule has 1 aliphatic carbocycles. The third-order valence-corrected chi connectivity index (χ3v) is 4.73. The molecule has 3 rings (SSSR count). The Kier molecular flexibility index (Phi) is 4.09. The molecule has 0 saturated heterocycles. The summed E-state index contributed by atoms with van der Waals surface area (Å²) < 4.78 is 17.3. The Morgan fingerprint density at radius 2 is 2.00 bits per heavy atom. The van der Waals surface area contributed by atoms with E-state index in [4.69, 9.17) is 19.9 Å². The number of ether oxygens (including phenoxy) is 3. The van der Waals surface area contributed by atoms with E-state index in [-0.39, 0.29) is 11.6 Å². The molecule has 21 heavy (non-hydrogen) atoms. The first-order chi connectivity index (χ1) is 10.1. The molecule has 2 aliphatic rings. The summed E-state index contributed by atoms with van der Waals surface area (Å²) in [5, 5.41) is 0. The molecule has 2 atom stereocenters. The SMILES string of the molecule is COC1(CC(N)c2ccc3c(c2)OCC(C)CO3)CCC1. The molecule has 0 amide bonds. The molecule has 4 nitrogen and oxygen atoms in total. The number of methoxy groups -OCH3 is 1. The Labute approximate surface area is 126 Å². The Balaban J connectivity index is 1.74. The fraction of sp³-hybridized carbons (Fsp3) is 0.647. The topological polar surface area (TPSA) is 53.7 Å². The van der Waals surface area contributed by atoms with Gasteiger partial charge in [-0.1, -0.05) is 13.0 Å². The zero-order chi connectivity index (χ0) is 14.9. The predicted molar refractivity (Wildman–Crippen MR) is 81.7 cm³/mol. The van der Waals surface area contributed by atoms with Gasteiger partial charge in [-0.3, -0.25) is 0 Å². The van der Waals surface area contributed by atoms with E-state index in [9.17, 15) is 0 Å². The summed E-state index contributed by atoms with van der Waals surface area (Å²) >= 11 is 0. The molecule has 1 aromatic carbocycles. The Morgan fingerprint density at radius 3 is 2.62 bits per heavy atom. The maximum Gasteiger partial charge on any atom is 0.161 e. The molecule has 1 heterocycles. The minimum absolute atomic E-state index is 0.0158. The second-order valence-electron chi connectivity index (χ2n) is 6.48. The molecule has 0 radical (unpaired) electrons. The number of hydrogen-bond acceptors (Lipinski definition) is 4. The molecule has 116 valence electrons. The first-order valence-corrected chi connectivity index (χ1v) is 7.82. The molecule has 1 fully saturated rings. The van der Waals surface area contributed by atoms with Gasteiger partial charge in [-0.05, 0) is 43.4 Å². The van der Waals surface area contributed by atoms with Crippen LogP contribution in [0.15, 0.2) is 18.2 Å². The summed E-state index contributed by atoms with van der Waals surface area (Å²) in [4.78, 5) is 0. The van der Waals surface area contributed by atoms with E-state index in [1.807, 2.05) is 18.2 Å². The first kappa shape index (κ1) is 14.7. The van der Waals surface area contributed by atoms with Crippen LogP contribution < -0.4 is 15.2 Å². The smallest absolute Gasteiger partial charge is 0.161 e. The minimum Gasteiger partial charge on any atom is -0.489 e. The van der Waals surface area contributed by atoms with Gasteiger partial charge >= 0.3 is 0 Å². The van der Waals surface area contributed by atoms with E-state index in [0.29, 0.717) is 19.1 Å². The van der Waals surface area contributed by atoms with Gasteiger partial charge in [0.05, 0.1) is 18.8 Å². The van der Waals surface area contributed by atoms with Gasteiger partial charge in [0.25, 0.3) is 0 Å². The molecular weight excluding hydrogens is 266 g/mol. The number of benzene rings is 1. The van der Waals surface area contributed by atoms with Gasteiger partial charge in [0.2, 0.25) is 0 Å². The molecule has 0 bridgehead atoms. The highest BCUT2D eigenvalue weighted by molar-refractivity contribution is 5.44. The maximum atomic E-state index is 6.39. The third-order valence-electron chi connectivity index (χ3n) is 4.73. The molecular formula is C17H25NO3. The third kappa shape index (κ3) is 3.01. The molecule has 1 aromatic rings. The number of nitrogens with two attached hydrogens (primary N) is 1. The summed E-state index contributed by atoms with van der Waals surface area (Å²) in [5.41, 5.74) is 7.47. The summed E-state index contributed by atoms with van der Waals surface area (Å²) in [6, 6.07) is 6.02. The van der Waals surface area contributed by atoms with Crippen molar-refractivity contribution >= 4 is 0 Å². The summed E-state index contributed by atoms with van der Waals surface area (Å²) in [5.74, 6) is 2.04. The summed E-state index contributed by atoms with van der Waals surface area (Å²) in [6.07, 6.45) is 4.32. The van der Waals surface area contributed by atoms with Gasteiger partial charge in [-0.15, -0.1) is 0 Å². The lowest BCUT2D eigenvalue weighted by Crippen LogP contribution is -2.41. The van der Waals surface area contributed by atoms with Crippen molar-refractivity contribution < 1.29 is 14.2 Å². The fourth-order valence-electron chi connectivity index (χ4n) is 3.08. The molecule has 4 heteroatoms. The Hall–Kier alpha value is -1.26. The van der Waals surface area contributed by atoms with Gasteiger partial charge in [-0.2, -0.15) is 0 Å². The summed E-state index contributed by atoms with van der Waals surface area (Å²) in [6.45, 7) is 3.51. The van der Waals surface area contributed by atoms with E-state index in [0.717, 1.165) is 36.3 Å². The Bertz CT molecular complexity index is 493. The average Bonchev–Trinajstić information content (AvgIpc) is 2.64. The quantitative estimate of drug-likeness (QED) is 0.926. The van der Waals surface area contributed by atoms with Crippen LogP contribution in [-0.4, -0.2) is 25.9 Å². The first-order valence-electron chi connectivity index (χ1n) is 7.82. The van der Waals surface area contributed by atoms with Crippen molar-refractivity contribution in [2.45, 2.75) is 44.2 Å². The molecule has 2 N–H and O–H groups in total. The lowest BCUT2D eigenvalue weighted by Gasteiger charge is -2.42. The molecule has 0 spiro atoms. The largest absolute Gasteiger partial charge is 0.489 e. The minimum atomic E-state index is -0.0279. The number of hydrogen-bond donors (Lipinski definition) is 1. The number of fused-ring (bicyclic) bond motifs is 1. The van der Waals surface area contributed by atoms with Gasteiger partial charge in [0.15, 0.2) is 11.5 Å². The standard InChI is InChI=1S/C17H25NO3/c1-12-10-20-15-5-4-13(8-16(15)21-11-12)14(18)9-17(19-2)6-3-7-17/h4-5,8,12,14H,3,6-7,9-11,18H2,1-2H3. The lowest BCUT2D eigenvalue weighted by molar-refractivity contribution is -0.0817. The van der Waals surface area contributed by atoms with Crippen LogP contribution >= 0.6 is 0 Å². The average molecular weight is 291 g/mol. The number of rotatable bonds is 4. The van der Waals surface area contributed by atoms with Crippen LogP contribution in [0.3, 0.4) is 0 Å². The van der Waals surface area contributed by atoms with Crippen molar-refractivity contribution in [3.63, 3.8) is 0 Å². The van der Waals surface area contributed by atoms with Crippen LogP contribution in [0.2, 0.25) is 0 Å². The molecule has 0 aromatic heterocycles. The predicted octanol–water partition coefficient (Wildman–Crippen LogP) is 3.05. The highest BCUT2D eigenvalue weighted by atomic mass is 16.5. The fourth-order valence-corrected chi connectivity index (χ4v) is 3.08. The zero-order valence-electron chi connectivity index (χ0n) is 12.9. The van der Waals surface area contributed by atoms with Gasteiger partial charge < -0.3 is 19.9 Å². The van der Waals surface area contributed by atoms with Crippen LogP contribution in [0, 0.1) is 5.92 Å². The van der Waals surface area contributed by atoms with Crippen molar-refractivity contribution in [1.82, 2.24) is 0 Å². The normalized spacial score (nSPS) is 24.8.